The first kappa shape index (κ1) is 19.3. The van der Waals surface area contributed by atoms with Crippen molar-refractivity contribution >= 4 is 10.1 Å². The second-order valence-corrected chi connectivity index (χ2v) is 6.88. The molecule has 23 heavy (non-hydrogen) atoms. The zero-order chi connectivity index (χ0) is 17.1. The van der Waals surface area contributed by atoms with Gasteiger partial charge in [-0.25, -0.2) is 4.57 Å². The number of nitrogens with zero attached hydrogens (tertiary/aromatic N) is 1. The van der Waals surface area contributed by atoms with Crippen LogP contribution >= 0.6 is 0 Å². The molecule has 0 aliphatic rings. The van der Waals surface area contributed by atoms with Crippen LogP contribution in [0.5, 0.6) is 0 Å². The van der Waals surface area contributed by atoms with Crippen LogP contribution in [0.1, 0.15) is 38.2 Å². The maximum atomic E-state index is 10.5. The summed E-state index contributed by atoms with van der Waals surface area (Å²) in [4.78, 5) is -0.0666. The van der Waals surface area contributed by atoms with Gasteiger partial charge >= 0.3 is 0 Å². The highest BCUT2D eigenvalue weighted by atomic mass is 32.2. The summed E-state index contributed by atoms with van der Waals surface area (Å²) in [6.45, 7) is 5.25. The molecule has 0 saturated heterocycles. The molecule has 0 saturated carbocycles. The maximum Gasteiger partial charge on any atom is 0.294 e. The van der Waals surface area contributed by atoms with E-state index in [0.717, 1.165) is 5.56 Å². The van der Waals surface area contributed by atoms with Gasteiger partial charge in [-0.3, -0.25) is 4.55 Å². The highest BCUT2D eigenvalue weighted by molar-refractivity contribution is 7.85. The van der Waals surface area contributed by atoms with Crippen LogP contribution in [-0.2, 0) is 16.7 Å². The molecule has 0 bridgehead atoms. The SMILES string of the molecule is CCCCCC[n+]1ccccc1.Cc1ccc(S(=O)(=O)O)cc1. The molecular weight excluding hydrogens is 310 g/mol. The number of unbranched alkanes of at least 4 members (excludes halogenated alkanes) is 3. The molecule has 0 unspecified atom stereocenters. The van der Waals surface area contributed by atoms with Crippen molar-refractivity contribution in [1.29, 1.82) is 0 Å². The Morgan fingerprint density at radius 1 is 0.957 bits per heavy atom. The first-order valence-corrected chi connectivity index (χ1v) is 9.35. The van der Waals surface area contributed by atoms with E-state index < -0.39 is 10.1 Å². The lowest BCUT2D eigenvalue weighted by atomic mass is 10.2. The number of benzene rings is 1. The normalized spacial score (nSPS) is 10.7. The molecule has 5 heteroatoms. The predicted molar refractivity (Wildman–Crippen MR) is 91.8 cm³/mol. The molecule has 1 aromatic carbocycles. The van der Waals surface area contributed by atoms with E-state index in [1.165, 1.54) is 44.4 Å². The summed E-state index contributed by atoms with van der Waals surface area (Å²) in [5.74, 6) is 0. The Hall–Kier alpha value is -1.72. The summed E-state index contributed by atoms with van der Waals surface area (Å²) in [5.41, 5.74) is 0.956. The first-order chi connectivity index (χ1) is 10.9. The molecule has 0 radical (unpaired) electrons. The number of hydrogen-bond acceptors (Lipinski definition) is 2. The summed E-state index contributed by atoms with van der Waals surface area (Å²) in [6, 6.07) is 12.2. The Morgan fingerprint density at radius 3 is 2.09 bits per heavy atom. The molecule has 0 aliphatic heterocycles. The molecule has 0 spiro atoms. The Bertz CT molecular complexity index is 652. The van der Waals surface area contributed by atoms with Crippen LogP contribution in [0, 0.1) is 6.92 Å². The van der Waals surface area contributed by atoms with Crippen LogP contribution in [0.3, 0.4) is 0 Å². The Morgan fingerprint density at radius 2 is 1.57 bits per heavy atom. The number of rotatable bonds is 6. The van der Waals surface area contributed by atoms with Crippen molar-refractivity contribution in [2.75, 3.05) is 0 Å². The molecule has 1 aromatic heterocycles. The largest absolute Gasteiger partial charge is 0.294 e. The van der Waals surface area contributed by atoms with Crippen molar-refractivity contribution in [2.45, 2.75) is 51.0 Å². The van der Waals surface area contributed by atoms with Gasteiger partial charge in [-0.2, -0.15) is 8.42 Å². The van der Waals surface area contributed by atoms with Crippen molar-refractivity contribution in [3.63, 3.8) is 0 Å². The van der Waals surface area contributed by atoms with Gasteiger partial charge in [0.05, 0.1) is 4.90 Å². The summed E-state index contributed by atoms with van der Waals surface area (Å²) < 4.78 is 31.8. The number of aryl methyl sites for hydroxylation is 2. The quantitative estimate of drug-likeness (QED) is 0.496. The molecule has 2 rings (SSSR count). The number of aromatic nitrogens is 1. The summed E-state index contributed by atoms with van der Waals surface area (Å²) in [7, 11) is -4.02. The highest BCUT2D eigenvalue weighted by Gasteiger charge is 2.06. The zero-order valence-corrected chi connectivity index (χ0v) is 14.7. The molecule has 126 valence electrons. The molecule has 0 atom stereocenters. The summed E-state index contributed by atoms with van der Waals surface area (Å²) in [5, 5.41) is 0. The van der Waals surface area contributed by atoms with E-state index in [2.05, 4.69) is 42.1 Å². The smallest absolute Gasteiger partial charge is 0.282 e. The number of pyridine rings is 1. The second kappa shape index (κ2) is 10.1. The lowest BCUT2D eigenvalue weighted by Gasteiger charge is -1.95. The molecule has 1 heterocycles. The maximum absolute atomic E-state index is 10.5. The second-order valence-electron chi connectivity index (χ2n) is 5.46. The summed E-state index contributed by atoms with van der Waals surface area (Å²) >= 11 is 0. The Balaban J connectivity index is 0.000000231. The standard InChI is InChI=1S/C11H18N.C7H8O3S/c1-2-3-4-6-9-12-10-7-5-8-11-12;1-6-2-4-7(5-3-6)11(8,9)10/h5,7-8,10-11H,2-4,6,9H2,1H3;2-5H,1H3,(H,8,9,10)/q+1;. The molecule has 0 amide bonds. The van der Waals surface area contributed by atoms with Gasteiger partial charge in [-0.1, -0.05) is 43.5 Å². The minimum Gasteiger partial charge on any atom is -0.282 e. The van der Waals surface area contributed by atoms with Crippen molar-refractivity contribution < 1.29 is 17.5 Å². The van der Waals surface area contributed by atoms with Crippen LogP contribution in [-0.4, -0.2) is 13.0 Å². The van der Waals surface area contributed by atoms with Crippen molar-refractivity contribution in [2.24, 2.45) is 0 Å². The fourth-order valence-corrected chi connectivity index (χ4v) is 2.49. The Kier molecular flexibility index (Phi) is 8.51. The van der Waals surface area contributed by atoms with E-state index in [0.29, 0.717) is 0 Å². The average molecular weight is 336 g/mol. The van der Waals surface area contributed by atoms with E-state index in [-0.39, 0.29) is 4.90 Å². The van der Waals surface area contributed by atoms with Gasteiger partial charge in [0.25, 0.3) is 10.1 Å². The van der Waals surface area contributed by atoms with Gasteiger partial charge in [0.1, 0.15) is 6.54 Å². The van der Waals surface area contributed by atoms with Crippen LogP contribution < -0.4 is 4.57 Å². The Labute approximate surface area is 139 Å². The minimum atomic E-state index is -4.02. The fourth-order valence-electron chi connectivity index (χ4n) is 2.01. The third-order valence-corrected chi connectivity index (χ3v) is 4.23. The highest BCUT2D eigenvalue weighted by Crippen LogP contribution is 2.08. The predicted octanol–water partition coefficient (Wildman–Crippen LogP) is 3.80. The lowest BCUT2D eigenvalue weighted by molar-refractivity contribution is -0.697. The lowest BCUT2D eigenvalue weighted by Crippen LogP contribution is -2.32. The average Bonchev–Trinajstić information content (AvgIpc) is 2.53. The third kappa shape index (κ3) is 8.47. The van der Waals surface area contributed by atoms with Crippen LogP contribution in [0.2, 0.25) is 0 Å². The topological polar surface area (TPSA) is 58.2 Å². The van der Waals surface area contributed by atoms with Crippen molar-refractivity contribution in [3.05, 3.63) is 60.4 Å². The van der Waals surface area contributed by atoms with Gasteiger partial charge in [-0.15, -0.1) is 0 Å². The van der Waals surface area contributed by atoms with Gasteiger partial charge in [0, 0.05) is 18.6 Å². The van der Waals surface area contributed by atoms with Crippen molar-refractivity contribution in [3.8, 4) is 0 Å². The fraction of sp³-hybridized carbons (Fsp3) is 0.389. The van der Waals surface area contributed by atoms with Crippen LogP contribution in [0.25, 0.3) is 0 Å². The van der Waals surface area contributed by atoms with Gasteiger partial charge in [0.15, 0.2) is 12.4 Å². The third-order valence-electron chi connectivity index (χ3n) is 3.37. The molecule has 0 aliphatic carbocycles. The minimum absolute atomic E-state index is 0.0666. The van der Waals surface area contributed by atoms with E-state index >= 15 is 0 Å². The van der Waals surface area contributed by atoms with Crippen LogP contribution in [0.4, 0.5) is 0 Å². The van der Waals surface area contributed by atoms with Gasteiger partial charge in [0.2, 0.25) is 0 Å². The van der Waals surface area contributed by atoms with E-state index in [9.17, 15) is 8.42 Å². The van der Waals surface area contributed by atoms with E-state index in [1.807, 2.05) is 6.92 Å². The molecule has 0 fully saturated rings. The first-order valence-electron chi connectivity index (χ1n) is 7.91. The van der Waals surface area contributed by atoms with Gasteiger partial charge < -0.3 is 0 Å². The zero-order valence-electron chi connectivity index (χ0n) is 13.9. The monoisotopic (exact) mass is 336 g/mol. The van der Waals surface area contributed by atoms with E-state index in [1.54, 1.807) is 12.1 Å². The molecule has 4 nitrogen and oxygen atoms in total. The van der Waals surface area contributed by atoms with Crippen molar-refractivity contribution in [1.82, 2.24) is 0 Å². The van der Waals surface area contributed by atoms with Crippen LogP contribution in [0.15, 0.2) is 59.8 Å². The van der Waals surface area contributed by atoms with E-state index in [4.69, 9.17) is 4.55 Å². The van der Waals surface area contributed by atoms with Gasteiger partial charge in [-0.05, 0) is 25.5 Å². The molecule has 2 aromatic rings. The number of hydrogen-bond donors (Lipinski definition) is 1. The summed E-state index contributed by atoms with van der Waals surface area (Å²) in [6.07, 6.45) is 9.62. The molecular formula is C18H26NO3S+. The molecule has 1 N–H and O–H groups in total.